The molecule has 0 aliphatic carbocycles. The average Bonchev–Trinajstić information content (AvgIpc) is 2.88. The first-order valence-electron chi connectivity index (χ1n) is 11.2. The van der Waals surface area contributed by atoms with Crippen LogP contribution in [0, 0.1) is 0 Å². The molecule has 33 heavy (non-hydrogen) atoms. The molecule has 1 aromatic heterocycles. The van der Waals surface area contributed by atoms with E-state index in [0.29, 0.717) is 31.1 Å². The Balaban J connectivity index is 1.27. The second kappa shape index (κ2) is 8.92. The third kappa shape index (κ3) is 4.34. The Morgan fingerprint density at radius 3 is 2.18 bits per heavy atom. The monoisotopic (exact) mass is 458 g/mol. The minimum atomic E-state index is -3.54. The van der Waals surface area contributed by atoms with Crippen molar-refractivity contribution in [2.45, 2.75) is 18.2 Å². The summed E-state index contributed by atoms with van der Waals surface area (Å²) in [7, 11) is -3.54. The SMILES string of the molecule is CCc1ccc(-c2ccc(N3CCN(S(=O)(=O)c4ccc5ccccc5c4)CC3)nn2)cc1. The van der Waals surface area contributed by atoms with E-state index in [1.807, 2.05) is 42.5 Å². The number of nitrogens with zero attached hydrogens (tertiary/aromatic N) is 4. The van der Waals surface area contributed by atoms with Gasteiger partial charge in [0.2, 0.25) is 10.0 Å². The first-order chi connectivity index (χ1) is 16.0. The van der Waals surface area contributed by atoms with E-state index in [0.717, 1.165) is 34.3 Å². The predicted octanol–water partition coefficient (Wildman–Crippen LogP) is 4.37. The summed E-state index contributed by atoms with van der Waals surface area (Å²) in [6.07, 6.45) is 1.01. The summed E-state index contributed by atoms with van der Waals surface area (Å²) in [5.74, 6) is 0.770. The number of hydrogen-bond donors (Lipinski definition) is 0. The summed E-state index contributed by atoms with van der Waals surface area (Å²) >= 11 is 0. The number of aromatic nitrogens is 2. The van der Waals surface area contributed by atoms with Gasteiger partial charge < -0.3 is 4.90 Å². The largest absolute Gasteiger partial charge is 0.352 e. The highest BCUT2D eigenvalue weighted by Gasteiger charge is 2.29. The standard InChI is InChI=1S/C26H26N4O2S/c1-2-20-7-9-22(10-8-20)25-13-14-26(28-27-25)29-15-17-30(18-16-29)33(31,32)24-12-11-21-5-3-4-6-23(21)19-24/h3-14,19H,2,15-18H2,1H3. The summed E-state index contributed by atoms with van der Waals surface area (Å²) < 4.78 is 28.0. The molecule has 0 unspecified atom stereocenters. The Bertz CT molecular complexity index is 1360. The Morgan fingerprint density at radius 1 is 0.788 bits per heavy atom. The van der Waals surface area contributed by atoms with E-state index < -0.39 is 10.0 Å². The van der Waals surface area contributed by atoms with Gasteiger partial charge in [-0.15, -0.1) is 10.2 Å². The lowest BCUT2D eigenvalue weighted by Crippen LogP contribution is -2.49. The number of aryl methyl sites for hydroxylation is 1. The summed E-state index contributed by atoms with van der Waals surface area (Å²) in [6, 6.07) is 25.4. The minimum Gasteiger partial charge on any atom is -0.352 e. The van der Waals surface area contributed by atoms with Gasteiger partial charge in [0, 0.05) is 31.7 Å². The van der Waals surface area contributed by atoms with E-state index in [1.54, 1.807) is 16.4 Å². The van der Waals surface area contributed by atoms with Crippen molar-refractivity contribution in [1.82, 2.24) is 14.5 Å². The predicted molar refractivity (Wildman–Crippen MR) is 132 cm³/mol. The molecule has 0 amide bonds. The maximum absolute atomic E-state index is 13.2. The fraction of sp³-hybridized carbons (Fsp3) is 0.231. The van der Waals surface area contributed by atoms with Crippen molar-refractivity contribution in [2.75, 3.05) is 31.1 Å². The normalized spacial score (nSPS) is 15.1. The maximum Gasteiger partial charge on any atom is 0.243 e. The molecule has 1 saturated heterocycles. The van der Waals surface area contributed by atoms with Crippen LogP contribution >= 0.6 is 0 Å². The molecule has 1 aliphatic rings. The van der Waals surface area contributed by atoms with Crippen molar-refractivity contribution in [2.24, 2.45) is 0 Å². The van der Waals surface area contributed by atoms with Gasteiger partial charge in [0.05, 0.1) is 10.6 Å². The molecule has 0 spiro atoms. The summed E-state index contributed by atoms with van der Waals surface area (Å²) in [6.45, 7) is 4.11. The highest BCUT2D eigenvalue weighted by molar-refractivity contribution is 7.89. The highest BCUT2D eigenvalue weighted by Crippen LogP contribution is 2.24. The van der Waals surface area contributed by atoms with Gasteiger partial charge in [0.1, 0.15) is 0 Å². The van der Waals surface area contributed by atoms with Gasteiger partial charge in [-0.05, 0) is 47.0 Å². The van der Waals surface area contributed by atoms with E-state index in [-0.39, 0.29) is 0 Å². The van der Waals surface area contributed by atoms with Crippen molar-refractivity contribution in [3.8, 4) is 11.3 Å². The number of rotatable bonds is 5. The van der Waals surface area contributed by atoms with Crippen molar-refractivity contribution >= 4 is 26.6 Å². The molecule has 0 radical (unpaired) electrons. The average molecular weight is 459 g/mol. The van der Waals surface area contributed by atoms with Crippen molar-refractivity contribution < 1.29 is 8.42 Å². The zero-order valence-corrected chi connectivity index (χ0v) is 19.4. The molecule has 3 aromatic carbocycles. The van der Waals surface area contributed by atoms with Gasteiger partial charge in [-0.1, -0.05) is 61.5 Å². The number of anilines is 1. The molecule has 0 N–H and O–H groups in total. The summed E-state index contributed by atoms with van der Waals surface area (Å²) in [5.41, 5.74) is 3.16. The Morgan fingerprint density at radius 2 is 1.52 bits per heavy atom. The third-order valence-corrected chi connectivity index (χ3v) is 8.12. The van der Waals surface area contributed by atoms with Crippen LogP contribution in [0.25, 0.3) is 22.0 Å². The molecule has 7 heteroatoms. The first kappa shape index (κ1) is 21.6. The summed E-state index contributed by atoms with van der Waals surface area (Å²) in [5, 5.41) is 10.8. The quantitative estimate of drug-likeness (QED) is 0.444. The van der Waals surface area contributed by atoms with Crippen LogP contribution in [0.1, 0.15) is 12.5 Å². The van der Waals surface area contributed by atoms with E-state index in [1.165, 1.54) is 5.56 Å². The minimum absolute atomic E-state index is 0.341. The number of benzene rings is 3. The smallest absolute Gasteiger partial charge is 0.243 e. The van der Waals surface area contributed by atoms with Crippen LogP contribution in [0.3, 0.4) is 0 Å². The zero-order chi connectivity index (χ0) is 22.8. The fourth-order valence-electron chi connectivity index (χ4n) is 4.19. The molecular formula is C26H26N4O2S. The van der Waals surface area contributed by atoms with E-state index >= 15 is 0 Å². The lowest BCUT2D eigenvalue weighted by atomic mass is 10.1. The highest BCUT2D eigenvalue weighted by atomic mass is 32.2. The number of sulfonamides is 1. The molecule has 0 atom stereocenters. The van der Waals surface area contributed by atoms with Crippen LogP contribution in [0.2, 0.25) is 0 Å². The molecule has 0 saturated carbocycles. The Kier molecular flexibility index (Phi) is 5.83. The van der Waals surface area contributed by atoms with Crippen LogP contribution < -0.4 is 4.90 Å². The van der Waals surface area contributed by atoms with Crippen LogP contribution in [0.4, 0.5) is 5.82 Å². The van der Waals surface area contributed by atoms with Crippen LogP contribution in [0.5, 0.6) is 0 Å². The van der Waals surface area contributed by atoms with Crippen molar-refractivity contribution in [3.05, 3.63) is 84.4 Å². The molecular weight excluding hydrogens is 432 g/mol. The molecule has 1 fully saturated rings. The van der Waals surface area contributed by atoms with Gasteiger partial charge in [-0.25, -0.2) is 8.42 Å². The topological polar surface area (TPSA) is 66.4 Å². The van der Waals surface area contributed by atoms with Crippen molar-refractivity contribution in [3.63, 3.8) is 0 Å². The van der Waals surface area contributed by atoms with Crippen LogP contribution in [-0.2, 0) is 16.4 Å². The lowest BCUT2D eigenvalue weighted by Gasteiger charge is -2.34. The second-order valence-electron chi connectivity index (χ2n) is 8.23. The Hall–Kier alpha value is -3.29. The van der Waals surface area contributed by atoms with Gasteiger partial charge in [0.25, 0.3) is 0 Å². The van der Waals surface area contributed by atoms with Crippen LogP contribution in [0.15, 0.2) is 83.8 Å². The fourth-order valence-corrected chi connectivity index (χ4v) is 5.65. The number of fused-ring (bicyclic) bond motifs is 1. The summed E-state index contributed by atoms with van der Waals surface area (Å²) in [4.78, 5) is 2.43. The molecule has 5 rings (SSSR count). The Labute approximate surface area is 194 Å². The number of piperazine rings is 1. The third-order valence-electron chi connectivity index (χ3n) is 6.23. The van der Waals surface area contributed by atoms with Gasteiger partial charge in [0.15, 0.2) is 5.82 Å². The molecule has 6 nitrogen and oxygen atoms in total. The van der Waals surface area contributed by atoms with Gasteiger partial charge >= 0.3 is 0 Å². The molecule has 2 heterocycles. The molecule has 0 bridgehead atoms. The second-order valence-corrected chi connectivity index (χ2v) is 10.2. The molecule has 4 aromatic rings. The molecule has 1 aliphatic heterocycles. The van der Waals surface area contributed by atoms with E-state index in [9.17, 15) is 8.42 Å². The zero-order valence-electron chi connectivity index (χ0n) is 18.6. The van der Waals surface area contributed by atoms with E-state index in [2.05, 4.69) is 46.3 Å². The first-order valence-corrected chi connectivity index (χ1v) is 12.7. The number of hydrogen-bond acceptors (Lipinski definition) is 5. The van der Waals surface area contributed by atoms with Gasteiger partial charge in [-0.2, -0.15) is 4.31 Å². The van der Waals surface area contributed by atoms with Crippen LogP contribution in [-0.4, -0.2) is 49.1 Å². The molecule has 168 valence electrons. The lowest BCUT2D eigenvalue weighted by molar-refractivity contribution is 0.383. The van der Waals surface area contributed by atoms with E-state index in [4.69, 9.17) is 0 Å². The van der Waals surface area contributed by atoms with Crippen molar-refractivity contribution in [1.29, 1.82) is 0 Å². The van der Waals surface area contributed by atoms with Gasteiger partial charge in [-0.3, -0.25) is 0 Å². The maximum atomic E-state index is 13.2.